The Morgan fingerprint density at radius 1 is 1.39 bits per heavy atom. The first-order valence-corrected chi connectivity index (χ1v) is 6.52. The first-order chi connectivity index (χ1) is 8.76. The van der Waals surface area contributed by atoms with E-state index in [0.29, 0.717) is 0 Å². The van der Waals surface area contributed by atoms with Gasteiger partial charge in [0.15, 0.2) is 0 Å². The molecule has 0 radical (unpaired) electrons. The number of hydrogen-bond acceptors (Lipinski definition) is 3. The van der Waals surface area contributed by atoms with E-state index < -0.39 is 0 Å². The Kier molecular flexibility index (Phi) is 4.33. The van der Waals surface area contributed by atoms with E-state index in [4.69, 9.17) is 0 Å². The minimum Gasteiger partial charge on any atom is -0.395 e. The van der Waals surface area contributed by atoms with Crippen LogP contribution in [0.15, 0.2) is 24.3 Å². The van der Waals surface area contributed by atoms with Crippen LogP contribution in [0.5, 0.6) is 0 Å². The van der Waals surface area contributed by atoms with Gasteiger partial charge in [0, 0.05) is 12.6 Å². The lowest BCUT2D eigenvalue weighted by Crippen LogP contribution is -2.37. The van der Waals surface area contributed by atoms with Crippen LogP contribution in [0.3, 0.4) is 0 Å². The Morgan fingerprint density at radius 2 is 2.17 bits per heavy atom. The van der Waals surface area contributed by atoms with Gasteiger partial charge in [0.25, 0.3) is 0 Å². The molecule has 4 heteroatoms. The van der Waals surface area contributed by atoms with Crippen molar-refractivity contribution in [3.63, 3.8) is 0 Å². The van der Waals surface area contributed by atoms with Gasteiger partial charge in [-0.2, -0.15) is 0 Å². The van der Waals surface area contributed by atoms with E-state index >= 15 is 0 Å². The van der Waals surface area contributed by atoms with Crippen molar-refractivity contribution in [2.75, 3.05) is 13.2 Å². The largest absolute Gasteiger partial charge is 0.395 e. The summed E-state index contributed by atoms with van der Waals surface area (Å²) < 4.78 is 2.17. The predicted octanol–water partition coefficient (Wildman–Crippen LogP) is 1.71. The highest BCUT2D eigenvalue weighted by Gasteiger charge is 2.12. The molecule has 0 amide bonds. The average molecular weight is 247 g/mol. The predicted molar refractivity (Wildman–Crippen MR) is 73.6 cm³/mol. The van der Waals surface area contributed by atoms with Crippen LogP contribution in [0.1, 0.15) is 19.2 Å². The molecule has 98 valence electrons. The third-order valence-corrected chi connectivity index (χ3v) is 3.15. The molecule has 0 aliphatic rings. The van der Waals surface area contributed by atoms with Crippen LogP contribution in [-0.4, -0.2) is 33.9 Å². The highest BCUT2D eigenvalue weighted by Crippen LogP contribution is 2.15. The fourth-order valence-corrected chi connectivity index (χ4v) is 2.18. The Balaban J connectivity index is 2.21. The van der Waals surface area contributed by atoms with Gasteiger partial charge in [-0.05, 0) is 32.0 Å². The summed E-state index contributed by atoms with van der Waals surface area (Å²) in [6, 6.07) is 8.20. The van der Waals surface area contributed by atoms with E-state index in [2.05, 4.69) is 27.9 Å². The SMILES string of the molecule is CCCNC(CO)Cn1c(C)nc2ccccc21. The van der Waals surface area contributed by atoms with Crippen molar-refractivity contribution in [2.45, 2.75) is 32.9 Å². The summed E-state index contributed by atoms with van der Waals surface area (Å²) in [5.74, 6) is 0.993. The second-order valence-electron chi connectivity index (χ2n) is 4.59. The lowest BCUT2D eigenvalue weighted by atomic mass is 10.2. The van der Waals surface area contributed by atoms with Crippen molar-refractivity contribution >= 4 is 11.0 Å². The number of rotatable bonds is 6. The molecule has 0 aliphatic carbocycles. The summed E-state index contributed by atoms with van der Waals surface area (Å²) in [4.78, 5) is 4.53. The van der Waals surface area contributed by atoms with Crippen molar-refractivity contribution in [1.29, 1.82) is 0 Å². The molecule has 0 aliphatic heterocycles. The molecule has 0 saturated heterocycles. The minimum absolute atomic E-state index is 0.0845. The first kappa shape index (κ1) is 13.1. The molecule has 4 nitrogen and oxygen atoms in total. The van der Waals surface area contributed by atoms with Crippen LogP contribution in [0.4, 0.5) is 0 Å². The summed E-state index contributed by atoms with van der Waals surface area (Å²) in [5.41, 5.74) is 2.15. The van der Waals surface area contributed by atoms with Crippen molar-refractivity contribution in [3.8, 4) is 0 Å². The second-order valence-corrected chi connectivity index (χ2v) is 4.59. The molecule has 2 rings (SSSR count). The maximum Gasteiger partial charge on any atom is 0.106 e. The van der Waals surface area contributed by atoms with Gasteiger partial charge in [0.05, 0.1) is 17.6 Å². The highest BCUT2D eigenvalue weighted by molar-refractivity contribution is 5.75. The zero-order chi connectivity index (χ0) is 13.0. The second kappa shape index (κ2) is 5.98. The van der Waals surface area contributed by atoms with Gasteiger partial charge < -0.3 is 15.0 Å². The van der Waals surface area contributed by atoms with E-state index in [9.17, 15) is 5.11 Å². The first-order valence-electron chi connectivity index (χ1n) is 6.52. The summed E-state index contributed by atoms with van der Waals surface area (Å²) in [5, 5.41) is 12.8. The molecule has 1 heterocycles. The molecule has 1 unspecified atom stereocenters. The Labute approximate surface area is 108 Å². The van der Waals surface area contributed by atoms with E-state index in [0.717, 1.165) is 36.4 Å². The number of benzene rings is 1. The summed E-state index contributed by atoms with van der Waals surface area (Å²) >= 11 is 0. The van der Waals surface area contributed by atoms with Crippen molar-refractivity contribution in [3.05, 3.63) is 30.1 Å². The summed E-state index contributed by atoms with van der Waals surface area (Å²) in [7, 11) is 0. The fourth-order valence-electron chi connectivity index (χ4n) is 2.18. The maximum absolute atomic E-state index is 9.42. The Bertz CT molecular complexity index is 507. The zero-order valence-electron chi connectivity index (χ0n) is 11.1. The average Bonchev–Trinajstić information content (AvgIpc) is 2.70. The summed E-state index contributed by atoms with van der Waals surface area (Å²) in [6.45, 7) is 5.96. The summed E-state index contributed by atoms with van der Waals surface area (Å²) in [6.07, 6.45) is 1.07. The van der Waals surface area contributed by atoms with E-state index in [1.807, 2.05) is 25.1 Å². The van der Waals surface area contributed by atoms with Gasteiger partial charge in [-0.1, -0.05) is 19.1 Å². The van der Waals surface area contributed by atoms with Gasteiger partial charge >= 0.3 is 0 Å². The molecule has 2 N–H and O–H groups in total. The van der Waals surface area contributed by atoms with Crippen LogP contribution >= 0.6 is 0 Å². The number of fused-ring (bicyclic) bond motifs is 1. The minimum atomic E-state index is 0.0845. The lowest BCUT2D eigenvalue weighted by molar-refractivity contribution is 0.229. The monoisotopic (exact) mass is 247 g/mol. The van der Waals surface area contributed by atoms with Gasteiger partial charge in [-0.3, -0.25) is 0 Å². The molecule has 18 heavy (non-hydrogen) atoms. The van der Waals surface area contributed by atoms with Crippen molar-refractivity contribution in [1.82, 2.24) is 14.9 Å². The van der Waals surface area contributed by atoms with Crippen LogP contribution in [-0.2, 0) is 6.54 Å². The molecule has 1 aromatic carbocycles. The number of para-hydroxylation sites is 2. The zero-order valence-corrected chi connectivity index (χ0v) is 11.1. The molecule has 0 saturated carbocycles. The van der Waals surface area contributed by atoms with Crippen molar-refractivity contribution < 1.29 is 5.11 Å². The third-order valence-electron chi connectivity index (χ3n) is 3.15. The number of hydrogen-bond donors (Lipinski definition) is 2. The molecule has 1 atom stereocenters. The Morgan fingerprint density at radius 3 is 2.89 bits per heavy atom. The van der Waals surface area contributed by atoms with Gasteiger partial charge in [-0.15, -0.1) is 0 Å². The van der Waals surface area contributed by atoms with Crippen molar-refractivity contribution in [2.24, 2.45) is 0 Å². The molecular formula is C14H21N3O. The molecular weight excluding hydrogens is 226 g/mol. The molecule has 0 bridgehead atoms. The maximum atomic E-state index is 9.42. The molecule has 1 aromatic heterocycles. The normalized spacial score (nSPS) is 13.1. The van der Waals surface area contributed by atoms with Gasteiger partial charge in [-0.25, -0.2) is 4.98 Å². The highest BCUT2D eigenvalue weighted by atomic mass is 16.3. The standard InChI is InChI=1S/C14H21N3O/c1-3-8-15-12(10-18)9-17-11(2)16-13-6-4-5-7-14(13)17/h4-7,12,15,18H,3,8-10H2,1-2H3. The van der Waals surface area contributed by atoms with Crippen LogP contribution in [0, 0.1) is 6.92 Å². The fraction of sp³-hybridized carbons (Fsp3) is 0.500. The molecule has 2 aromatic rings. The topological polar surface area (TPSA) is 50.1 Å². The number of aliphatic hydroxyl groups is 1. The smallest absolute Gasteiger partial charge is 0.106 e. The number of nitrogens with one attached hydrogen (secondary N) is 1. The third kappa shape index (κ3) is 2.71. The van der Waals surface area contributed by atoms with E-state index in [1.54, 1.807) is 0 Å². The number of aromatic nitrogens is 2. The van der Waals surface area contributed by atoms with Gasteiger partial charge in [0.1, 0.15) is 5.82 Å². The lowest BCUT2D eigenvalue weighted by Gasteiger charge is -2.18. The number of imidazole rings is 1. The molecule has 0 fully saturated rings. The van der Waals surface area contributed by atoms with Crippen LogP contribution in [0.25, 0.3) is 11.0 Å². The quantitative estimate of drug-likeness (QED) is 0.817. The van der Waals surface area contributed by atoms with Gasteiger partial charge in [0.2, 0.25) is 0 Å². The number of aliphatic hydroxyl groups excluding tert-OH is 1. The van der Waals surface area contributed by atoms with E-state index in [-0.39, 0.29) is 12.6 Å². The Hall–Kier alpha value is -1.39. The molecule has 0 spiro atoms. The number of nitrogens with zero attached hydrogens (tertiary/aromatic N) is 2. The van der Waals surface area contributed by atoms with Crippen LogP contribution < -0.4 is 5.32 Å². The van der Waals surface area contributed by atoms with Crippen LogP contribution in [0.2, 0.25) is 0 Å². The van der Waals surface area contributed by atoms with E-state index in [1.165, 1.54) is 0 Å². The number of aryl methyl sites for hydroxylation is 1.